The number of carboxylic acid groups (broad SMARTS) is 1. The lowest BCUT2D eigenvalue weighted by atomic mass is 9.98. The lowest BCUT2D eigenvalue weighted by Crippen LogP contribution is -2.56. The van der Waals surface area contributed by atoms with Crippen LogP contribution >= 0.6 is 0 Å². The predicted molar refractivity (Wildman–Crippen MR) is 73.7 cm³/mol. The molecule has 0 spiro atoms. The summed E-state index contributed by atoms with van der Waals surface area (Å²) in [6.45, 7) is 3.54. The molecule has 0 bridgehead atoms. The third kappa shape index (κ3) is 4.75. The van der Waals surface area contributed by atoms with Gasteiger partial charge in [-0.1, -0.05) is 6.42 Å². The van der Waals surface area contributed by atoms with Crippen LogP contribution in [0.15, 0.2) is 0 Å². The Morgan fingerprint density at radius 2 is 1.95 bits per heavy atom. The summed E-state index contributed by atoms with van der Waals surface area (Å²) in [5.41, 5.74) is -0.913. The average Bonchev–Trinajstić information content (AvgIpc) is 2.25. The van der Waals surface area contributed by atoms with E-state index in [9.17, 15) is 18.0 Å². The summed E-state index contributed by atoms with van der Waals surface area (Å²) in [5.74, 6) is -1.44. The normalized spacial score (nSPS) is 21.4. The highest BCUT2D eigenvalue weighted by Crippen LogP contribution is 2.21. The van der Waals surface area contributed by atoms with Crippen LogP contribution < -0.4 is 5.32 Å². The molecule has 0 radical (unpaired) electrons. The second kappa shape index (κ2) is 6.09. The van der Waals surface area contributed by atoms with Crippen molar-refractivity contribution >= 4 is 21.9 Å². The zero-order valence-electron chi connectivity index (χ0n) is 12.0. The molecule has 116 valence electrons. The van der Waals surface area contributed by atoms with E-state index in [-0.39, 0.29) is 6.42 Å². The molecular weight excluding hydrogens is 284 g/mol. The van der Waals surface area contributed by atoms with Crippen LogP contribution in [0, 0.1) is 0 Å². The van der Waals surface area contributed by atoms with Crippen molar-refractivity contribution in [3.63, 3.8) is 0 Å². The molecule has 1 heterocycles. The number of nitrogens with one attached hydrogen (secondary N) is 1. The SMILES string of the molecule is CC(C)(CC(=O)O)NC(=O)C1CCCCN1S(C)(=O)=O. The smallest absolute Gasteiger partial charge is 0.305 e. The molecule has 0 aromatic carbocycles. The summed E-state index contributed by atoms with van der Waals surface area (Å²) < 4.78 is 24.6. The van der Waals surface area contributed by atoms with Crippen LogP contribution in [0.2, 0.25) is 0 Å². The van der Waals surface area contributed by atoms with Gasteiger partial charge in [-0.3, -0.25) is 9.59 Å². The van der Waals surface area contributed by atoms with Crippen LogP contribution in [0.4, 0.5) is 0 Å². The molecule has 7 nitrogen and oxygen atoms in total. The van der Waals surface area contributed by atoms with Crippen molar-refractivity contribution in [1.82, 2.24) is 9.62 Å². The Bertz CT molecular complexity index is 486. The van der Waals surface area contributed by atoms with Crippen molar-refractivity contribution < 1.29 is 23.1 Å². The van der Waals surface area contributed by atoms with E-state index in [1.165, 1.54) is 4.31 Å². The standard InChI is InChI=1S/C12H22N2O5S/c1-12(2,8-10(15)16)13-11(17)9-6-4-5-7-14(9)20(3,18)19/h9H,4-8H2,1-3H3,(H,13,17)(H,15,16). The second-order valence-electron chi connectivity index (χ2n) is 5.83. The minimum absolute atomic E-state index is 0.218. The molecule has 8 heteroatoms. The monoisotopic (exact) mass is 306 g/mol. The van der Waals surface area contributed by atoms with Crippen molar-refractivity contribution in [3.8, 4) is 0 Å². The third-order valence-corrected chi connectivity index (χ3v) is 4.53. The first kappa shape index (κ1) is 16.9. The first-order valence-corrected chi connectivity index (χ1v) is 8.38. The van der Waals surface area contributed by atoms with Crippen molar-refractivity contribution in [2.45, 2.75) is 51.1 Å². The molecule has 1 aliphatic rings. The highest BCUT2D eigenvalue weighted by molar-refractivity contribution is 7.88. The Morgan fingerprint density at radius 1 is 1.35 bits per heavy atom. The maximum Gasteiger partial charge on any atom is 0.305 e. The molecule has 1 saturated heterocycles. The summed E-state index contributed by atoms with van der Waals surface area (Å²) in [5, 5.41) is 11.4. The van der Waals surface area contributed by atoms with E-state index in [1.807, 2.05) is 0 Å². The lowest BCUT2D eigenvalue weighted by molar-refractivity contribution is -0.139. The van der Waals surface area contributed by atoms with Crippen LogP contribution in [-0.4, -0.2) is 54.1 Å². The molecule has 1 fully saturated rings. The number of amides is 1. The highest BCUT2D eigenvalue weighted by Gasteiger charge is 2.36. The summed E-state index contributed by atoms with van der Waals surface area (Å²) in [6, 6.07) is -0.744. The van der Waals surface area contributed by atoms with Gasteiger partial charge in [-0.15, -0.1) is 0 Å². The Balaban J connectivity index is 2.81. The summed E-state index contributed by atoms with van der Waals surface area (Å²) in [7, 11) is -3.44. The minimum atomic E-state index is -3.44. The number of aliphatic carboxylic acids is 1. The number of rotatable bonds is 5. The minimum Gasteiger partial charge on any atom is -0.481 e. The van der Waals surface area contributed by atoms with Gasteiger partial charge in [-0.2, -0.15) is 4.31 Å². The van der Waals surface area contributed by atoms with Crippen molar-refractivity contribution in [1.29, 1.82) is 0 Å². The maximum absolute atomic E-state index is 12.2. The number of sulfonamides is 1. The Morgan fingerprint density at radius 3 is 2.45 bits per heavy atom. The van der Waals surface area contributed by atoms with Gasteiger partial charge in [0.05, 0.1) is 12.7 Å². The zero-order chi connectivity index (χ0) is 15.6. The number of hydrogen-bond acceptors (Lipinski definition) is 4. The summed E-state index contributed by atoms with van der Waals surface area (Å²) in [4.78, 5) is 23.0. The topological polar surface area (TPSA) is 104 Å². The third-order valence-electron chi connectivity index (χ3n) is 3.24. The van der Waals surface area contributed by atoms with E-state index in [2.05, 4.69) is 5.32 Å². The lowest BCUT2D eigenvalue weighted by Gasteiger charge is -2.35. The molecule has 20 heavy (non-hydrogen) atoms. The Kier molecular flexibility index (Phi) is 5.15. The number of carboxylic acids is 1. The largest absolute Gasteiger partial charge is 0.481 e. The van der Waals surface area contributed by atoms with Gasteiger partial charge in [0.2, 0.25) is 15.9 Å². The van der Waals surface area contributed by atoms with E-state index in [1.54, 1.807) is 13.8 Å². The number of nitrogens with zero attached hydrogens (tertiary/aromatic N) is 1. The van der Waals surface area contributed by atoms with Crippen molar-refractivity contribution in [2.75, 3.05) is 12.8 Å². The predicted octanol–water partition coefficient (Wildman–Crippen LogP) is 0.170. The number of hydrogen-bond donors (Lipinski definition) is 2. The summed E-state index contributed by atoms with van der Waals surface area (Å²) >= 11 is 0. The molecule has 0 aliphatic carbocycles. The van der Waals surface area contributed by atoms with Crippen molar-refractivity contribution in [3.05, 3.63) is 0 Å². The fraction of sp³-hybridized carbons (Fsp3) is 0.833. The van der Waals surface area contributed by atoms with E-state index < -0.39 is 33.5 Å². The Hall–Kier alpha value is -1.15. The van der Waals surface area contributed by atoms with Gasteiger partial charge in [0, 0.05) is 12.1 Å². The molecule has 1 atom stereocenters. The summed E-state index contributed by atoms with van der Waals surface area (Å²) in [6.07, 6.45) is 2.84. The van der Waals surface area contributed by atoms with Gasteiger partial charge in [-0.05, 0) is 26.7 Å². The quantitative estimate of drug-likeness (QED) is 0.753. The van der Waals surface area contributed by atoms with Crippen LogP contribution in [-0.2, 0) is 19.6 Å². The number of carbonyl (C=O) groups is 2. The molecule has 2 N–H and O–H groups in total. The maximum atomic E-state index is 12.2. The first-order valence-electron chi connectivity index (χ1n) is 6.53. The molecule has 0 aromatic heterocycles. The molecule has 1 rings (SSSR count). The molecule has 0 saturated carbocycles. The van der Waals surface area contributed by atoms with E-state index in [0.29, 0.717) is 13.0 Å². The van der Waals surface area contributed by atoms with Crippen LogP contribution in [0.5, 0.6) is 0 Å². The highest BCUT2D eigenvalue weighted by atomic mass is 32.2. The number of piperidine rings is 1. The van der Waals surface area contributed by atoms with Gasteiger partial charge in [0.25, 0.3) is 0 Å². The average molecular weight is 306 g/mol. The van der Waals surface area contributed by atoms with Crippen LogP contribution in [0.25, 0.3) is 0 Å². The van der Waals surface area contributed by atoms with E-state index >= 15 is 0 Å². The van der Waals surface area contributed by atoms with Crippen LogP contribution in [0.1, 0.15) is 39.5 Å². The van der Waals surface area contributed by atoms with E-state index in [4.69, 9.17) is 5.11 Å². The van der Waals surface area contributed by atoms with Gasteiger partial charge < -0.3 is 10.4 Å². The van der Waals surface area contributed by atoms with Gasteiger partial charge >= 0.3 is 5.97 Å². The fourth-order valence-corrected chi connectivity index (χ4v) is 3.53. The van der Waals surface area contributed by atoms with Gasteiger partial charge in [0.1, 0.15) is 6.04 Å². The molecule has 1 aliphatic heterocycles. The number of carbonyl (C=O) groups excluding carboxylic acids is 1. The van der Waals surface area contributed by atoms with Gasteiger partial charge in [0.15, 0.2) is 0 Å². The first-order chi connectivity index (χ1) is 9.03. The van der Waals surface area contributed by atoms with Crippen molar-refractivity contribution in [2.24, 2.45) is 0 Å². The fourth-order valence-electron chi connectivity index (χ4n) is 2.40. The second-order valence-corrected chi connectivity index (χ2v) is 7.76. The van der Waals surface area contributed by atoms with E-state index in [0.717, 1.165) is 19.1 Å². The molecule has 0 aromatic rings. The molecule has 1 unspecified atom stereocenters. The molecule has 1 amide bonds. The Labute approximate surface area is 119 Å². The van der Waals surface area contributed by atoms with Crippen LogP contribution in [0.3, 0.4) is 0 Å². The molecular formula is C12H22N2O5S. The van der Waals surface area contributed by atoms with Gasteiger partial charge in [-0.25, -0.2) is 8.42 Å². The zero-order valence-corrected chi connectivity index (χ0v) is 12.9.